The Kier molecular flexibility index (Phi) is 3.80. The zero-order valence-corrected chi connectivity index (χ0v) is 9.35. The molecule has 0 amide bonds. The van der Waals surface area contributed by atoms with E-state index in [0.29, 0.717) is 5.75 Å². The van der Waals surface area contributed by atoms with E-state index in [1.54, 1.807) is 12.4 Å². The minimum absolute atomic E-state index is 0.0382. The minimum Gasteiger partial charge on any atom is -0.456 e. The maximum absolute atomic E-state index is 8.79. The van der Waals surface area contributed by atoms with E-state index in [4.69, 9.17) is 9.84 Å². The Morgan fingerprint density at radius 3 is 2.69 bits per heavy atom. The average Bonchev–Trinajstić information content (AvgIpc) is 2.31. The van der Waals surface area contributed by atoms with Gasteiger partial charge >= 0.3 is 0 Å². The maximum Gasteiger partial charge on any atom is 0.146 e. The van der Waals surface area contributed by atoms with Crippen LogP contribution in [0.25, 0.3) is 0 Å². The first-order valence-electron chi connectivity index (χ1n) is 4.80. The lowest BCUT2D eigenvalue weighted by molar-refractivity contribution is 0.375. The monoisotopic (exact) mass is 233 g/mol. The van der Waals surface area contributed by atoms with Crippen molar-refractivity contribution in [1.29, 1.82) is 0 Å². The molecule has 1 N–H and O–H groups in total. The van der Waals surface area contributed by atoms with Crippen LogP contribution in [0.5, 0.6) is 11.5 Å². The van der Waals surface area contributed by atoms with Crippen molar-refractivity contribution in [3.8, 4) is 11.5 Å². The van der Waals surface area contributed by atoms with Crippen LogP contribution < -0.4 is 4.74 Å². The van der Waals surface area contributed by atoms with E-state index in [9.17, 15) is 0 Å². The van der Waals surface area contributed by atoms with Crippen LogP contribution in [0.2, 0.25) is 0 Å². The molecule has 1 aromatic carbocycles. The average molecular weight is 233 g/mol. The summed E-state index contributed by atoms with van der Waals surface area (Å²) in [7, 11) is 0. The predicted octanol–water partition coefficient (Wildman–Crippen LogP) is 2.92. The number of aliphatic hydroxyl groups excluding tert-OH is 1. The van der Waals surface area contributed by atoms with Gasteiger partial charge in [-0.15, -0.1) is 0 Å². The third-order valence-corrected chi connectivity index (χ3v) is 2.58. The fourth-order valence-electron chi connectivity index (χ4n) is 1.23. The quantitative estimate of drug-likeness (QED) is 0.651. The SMILES string of the molecule is OCSc1cncc(Oc2ccccc2)c1. The molecule has 0 radical (unpaired) electrons. The Morgan fingerprint density at radius 2 is 1.94 bits per heavy atom. The first-order chi connectivity index (χ1) is 7.88. The Bertz CT molecular complexity index is 448. The molecule has 0 unspecified atom stereocenters. The third kappa shape index (κ3) is 2.98. The highest BCUT2D eigenvalue weighted by atomic mass is 32.2. The Balaban J connectivity index is 2.12. The lowest BCUT2D eigenvalue weighted by atomic mass is 10.3. The smallest absolute Gasteiger partial charge is 0.146 e. The number of aliphatic hydroxyl groups is 1. The van der Waals surface area contributed by atoms with Crippen LogP contribution >= 0.6 is 11.8 Å². The molecule has 2 aromatic rings. The van der Waals surface area contributed by atoms with Gasteiger partial charge < -0.3 is 9.84 Å². The number of pyridine rings is 1. The number of para-hydroxylation sites is 1. The van der Waals surface area contributed by atoms with E-state index >= 15 is 0 Å². The summed E-state index contributed by atoms with van der Waals surface area (Å²) < 4.78 is 5.61. The summed E-state index contributed by atoms with van der Waals surface area (Å²) in [6.45, 7) is 0. The Labute approximate surface area is 98.1 Å². The van der Waals surface area contributed by atoms with Crippen LogP contribution in [-0.2, 0) is 0 Å². The maximum atomic E-state index is 8.79. The van der Waals surface area contributed by atoms with Crippen molar-refractivity contribution in [2.45, 2.75) is 4.90 Å². The molecule has 0 spiro atoms. The number of rotatable bonds is 4. The van der Waals surface area contributed by atoms with Gasteiger partial charge in [0.2, 0.25) is 0 Å². The normalized spacial score (nSPS) is 10.1. The van der Waals surface area contributed by atoms with Gasteiger partial charge in [0.05, 0.1) is 12.1 Å². The Morgan fingerprint density at radius 1 is 1.12 bits per heavy atom. The van der Waals surface area contributed by atoms with E-state index in [0.717, 1.165) is 10.6 Å². The molecule has 16 heavy (non-hydrogen) atoms. The number of hydrogen-bond donors (Lipinski definition) is 1. The van der Waals surface area contributed by atoms with Gasteiger partial charge in [-0.2, -0.15) is 0 Å². The zero-order valence-electron chi connectivity index (χ0n) is 8.54. The lowest BCUT2D eigenvalue weighted by Gasteiger charge is -2.05. The molecule has 0 aliphatic heterocycles. The standard InChI is InChI=1S/C12H11NO2S/c14-9-16-12-6-11(7-13-8-12)15-10-4-2-1-3-5-10/h1-8,14H,9H2. The van der Waals surface area contributed by atoms with E-state index < -0.39 is 0 Å². The third-order valence-electron chi connectivity index (χ3n) is 1.90. The van der Waals surface area contributed by atoms with Crippen LogP contribution in [0.15, 0.2) is 53.7 Å². The summed E-state index contributed by atoms with van der Waals surface area (Å²) in [5.41, 5.74) is 0. The summed E-state index contributed by atoms with van der Waals surface area (Å²) in [5, 5.41) is 8.79. The summed E-state index contributed by atoms with van der Waals surface area (Å²) in [4.78, 5) is 4.93. The number of ether oxygens (including phenoxy) is 1. The van der Waals surface area contributed by atoms with E-state index in [2.05, 4.69) is 4.98 Å². The molecule has 0 saturated carbocycles. The largest absolute Gasteiger partial charge is 0.456 e. The lowest BCUT2D eigenvalue weighted by Crippen LogP contribution is -1.86. The van der Waals surface area contributed by atoms with Crippen LogP contribution in [0, 0.1) is 0 Å². The van der Waals surface area contributed by atoms with E-state index in [1.807, 2.05) is 36.4 Å². The van der Waals surface area contributed by atoms with Gasteiger partial charge in [-0.05, 0) is 18.2 Å². The fraction of sp³-hybridized carbons (Fsp3) is 0.0833. The highest BCUT2D eigenvalue weighted by Gasteiger charge is 1.99. The molecule has 0 saturated heterocycles. The second-order valence-corrected chi connectivity index (χ2v) is 4.06. The van der Waals surface area contributed by atoms with Crippen molar-refractivity contribution < 1.29 is 9.84 Å². The van der Waals surface area contributed by atoms with E-state index in [-0.39, 0.29) is 5.94 Å². The molecule has 0 bridgehead atoms. The first kappa shape index (κ1) is 11.0. The molecule has 0 aliphatic carbocycles. The topological polar surface area (TPSA) is 42.4 Å². The number of hydrogen-bond acceptors (Lipinski definition) is 4. The predicted molar refractivity (Wildman–Crippen MR) is 63.7 cm³/mol. The molecule has 82 valence electrons. The van der Waals surface area contributed by atoms with Crippen molar-refractivity contribution in [1.82, 2.24) is 4.98 Å². The second-order valence-electron chi connectivity index (χ2n) is 3.04. The molecule has 2 rings (SSSR count). The van der Waals surface area contributed by atoms with Crippen molar-refractivity contribution in [3.05, 3.63) is 48.8 Å². The molecule has 0 aliphatic rings. The first-order valence-corrected chi connectivity index (χ1v) is 5.78. The van der Waals surface area contributed by atoms with Crippen molar-refractivity contribution in [2.24, 2.45) is 0 Å². The van der Waals surface area contributed by atoms with Crippen molar-refractivity contribution in [2.75, 3.05) is 5.94 Å². The summed E-state index contributed by atoms with van der Waals surface area (Å²) in [5.74, 6) is 1.48. The fourth-order valence-corrected chi connectivity index (χ4v) is 1.72. The van der Waals surface area contributed by atoms with Crippen LogP contribution in [-0.4, -0.2) is 16.0 Å². The Hall–Kier alpha value is -1.52. The molecule has 1 heterocycles. The number of aromatic nitrogens is 1. The van der Waals surface area contributed by atoms with Gasteiger partial charge in [0.1, 0.15) is 11.5 Å². The molecule has 0 atom stereocenters. The van der Waals surface area contributed by atoms with Gasteiger partial charge in [0.25, 0.3) is 0 Å². The number of benzene rings is 1. The summed E-state index contributed by atoms with van der Waals surface area (Å²) in [6.07, 6.45) is 3.34. The highest BCUT2D eigenvalue weighted by molar-refractivity contribution is 7.99. The van der Waals surface area contributed by atoms with Gasteiger partial charge in [-0.25, -0.2) is 0 Å². The number of nitrogens with zero attached hydrogens (tertiary/aromatic N) is 1. The minimum atomic E-state index is 0.0382. The molecule has 4 heteroatoms. The van der Waals surface area contributed by atoms with Crippen molar-refractivity contribution in [3.63, 3.8) is 0 Å². The van der Waals surface area contributed by atoms with Gasteiger partial charge in [0, 0.05) is 11.1 Å². The molecule has 1 aromatic heterocycles. The zero-order chi connectivity index (χ0) is 11.2. The van der Waals surface area contributed by atoms with Crippen LogP contribution in [0.3, 0.4) is 0 Å². The second kappa shape index (κ2) is 5.53. The van der Waals surface area contributed by atoms with Gasteiger partial charge in [-0.1, -0.05) is 30.0 Å². The van der Waals surface area contributed by atoms with E-state index in [1.165, 1.54) is 11.8 Å². The molecule has 0 fully saturated rings. The molecular formula is C12H11NO2S. The van der Waals surface area contributed by atoms with Gasteiger partial charge in [0.15, 0.2) is 0 Å². The number of thioether (sulfide) groups is 1. The van der Waals surface area contributed by atoms with Crippen LogP contribution in [0.1, 0.15) is 0 Å². The van der Waals surface area contributed by atoms with Crippen LogP contribution in [0.4, 0.5) is 0 Å². The summed E-state index contributed by atoms with van der Waals surface area (Å²) in [6, 6.07) is 11.4. The van der Waals surface area contributed by atoms with Crippen molar-refractivity contribution >= 4 is 11.8 Å². The highest BCUT2D eigenvalue weighted by Crippen LogP contribution is 2.24. The molecule has 3 nitrogen and oxygen atoms in total. The molecular weight excluding hydrogens is 222 g/mol. The summed E-state index contributed by atoms with van der Waals surface area (Å²) >= 11 is 1.31. The van der Waals surface area contributed by atoms with Gasteiger partial charge in [-0.3, -0.25) is 4.98 Å².